The Kier molecular flexibility index (Phi) is 4.92. The first kappa shape index (κ1) is 17.3. The summed E-state index contributed by atoms with van der Waals surface area (Å²) < 4.78 is 82.1. The van der Waals surface area contributed by atoms with Crippen LogP contribution in [0.3, 0.4) is 0 Å². The van der Waals surface area contributed by atoms with Gasteiger partial charge < -0.3 is 9.47 Å². The summed E-state index contributed by atoms with van der Waals surface area (Å²) in [7, 11) is 0.829. The summed E-state index contributed by atoms with van der Waals surface area (Å²) >= 11 is 5.32. The van der Waals surface area contributed by atoms with Crippen molar-refractivity contribution in [1.82, 2.24) is 4.98 Å². The van der Waals surface area contributed by atoms with Gasteiger partial charge in [-0.1, -0.05) is 0 Å². The van der Waals surface area contributed by atoms with Crippen LogP contribution in [0.1, 0.15) is 21.7 Å². The van der Waals surface area contributed by atoms with Crippen LogP contribution in [-0.4, -0.2) is 24.4 Å². The van der Waals surface area contributed by atoms with Gasteiger partial charge in [-0.15, -0.1) is 24.8 Å². The summed E-state index contributed by atoms with van der Waals surface area (Å²) in [6.07, 6.45) is -10.4. The van der Waals surface area contributed by atoms with E-state index in [1.807, 2.05) is 0 Å². The largest absolute Gasteiger partial charge is 0.573 e. The van der Waals surface area contributed by atoms with Crippen LogP contribution < -0.4 is 4.74 Å². The molecule has 118 valence electrons. The van der Waals surface area contributed by atoms with Crippen LogP contribution in [-0.2, 0) is 16.8 Å². The molecule has 1 rings (SSSR count). The molecule has 4 nitrogen and oxygen atoms in total. The minimum atomic E-state index is -5.31. The van der Waals surface area contributed by atoms with Crippen molar-refractivity contribution < 1.29 is 40.6 Å². The van der Waals surface area contributed by atoms with Crippen molar-refractivity contribution in [2.45, 2.75) is 18.4 Å². The molecule has 0 fully saturated rings. The highest BCUT2D eigenvalue weighted by Gasteiger charge is 2.39. The molecule has 0 unspecified atom stereocenters. The number of hydrogen-bond donors (Lipinski definition) is 0. The van der Waals surface area contributed by atoms with Crippen molar-refractivity contribution in [2.24, 2.45) is 0 Å². The fourth-order valence-corrected chi connectivity index (χ4v) is 1.53. The van der Waals surface area contributed by atoms with Crippen molar-refractivity contribution in [3.05, 3.63) is 23.0 Å². The maximum Gasteiger partial charge on any atom is 0.573 e. The van der Waals surface area contributed by atoms with Gasteiger partial charge in [0.2, 0.25) is 0 Å². The number of ether oxygens (including phenoxy) is 2. The van der Waals surface area contributed by atoms with Crippen LogP contribution in [0, 0.1) is 0 Å². The predicted octanol–water partition coefficient (Wildman–Crippen LogP) is 3.52. The molecule has 0 radical (unpaired) electrons. The van der Waals surface area contributed by atoms with Gasteiger partial charge in [0.15, 0.2) is 0 Å². The number of pyridine rings is 1. The average molecular weight is 338 g/mol. The van der Waals surface area contributed by atoms with E-state index in [2.05, 4.69) is 14.5 Å². The minimum absolute atomic E-state index is 0.0458. The zero-order chi connectivity index (χ0) is 16.4. The molecule has 1 heterocycles. The molecule has 0 atom stereocenters. The molecule has 0 bridgehead atoms. The number of alkyl halides is 7. The summed E-state index contributed by atoms with van der Waals surface area (Å²) in [5.41, 5.74) is -3.33. The Morgan fingerprint density at radius 3 is 2.24 bits per heavy atom. The number of hydrogen-bond acceptors (Lipinski definition) is 4. The maximum absolute atomic E-state index is 12.6. The first-order chi connectivity index (χ1) is 9.49. The van der Waals surface area contributed by atoms with Crippen LogP contribution in [0.15, 0.2) is 6.07 Å². The van der Waals surface area contributed by atoms with Crippen LogP contribution in [0.2, 0.25) is 0 Å². The lowest BCUT2D eigenvalue weighted by Gasteiger charge is -2.16. The van der Waals surface area contributed by atoms with E-state index in [0.717, 1.165) is 7.11 Å². The topological polar surface area (TPSA) is 48.4 Å². The van der Waals surface area contributed by atoms with E-state index in [9.17, 15) is 31.1 Å². The monoisotopic (exact) mass is 337 g/mol. The molecular formula is C10H6ClF6NO3. The first-order valence-corrected chi connectivity index (χ1v) is 5.54. The fraction of sp³-hybridized carbons (Fsp3) is 0.400. The molecule has 0 saturated carbocycles. The van der Waals surface area contributed by atoms with E-state index in [4.69, 9.17) is 11.6 Å². The quantitative estimate of drug-likeness (QED) is 0.481. The molecule has 0 spiro atoms. The molecule has 11 heteroatoms. The molecule has 0 N–H and O–H groups in total. The summed E-state index contributed by atoms with van der Waals surface area (Å²) in [6, 6.07) is -0.0458. The number of methoxy groups -OCH3 is 1. The molecule has 1 aromatic rings. The third-order valence-electron chi connectivity index (χ3n) is 2.09. The van der Waals surface area contributed by atoms with Gasteiger partial charge in [0.05, 0.1) is 18.7 Å². The van der Waals surface area contributed by atoms with Gasteiger partial charge in [0.1, 0.15) is 17.0 Å². The predicted molar refractivity (Wildman–Crippen MR) is 56.8 cm³/mol. The SMILES string of the molecule is COC(=O)c1c(OC(F)(F)F)cc(C(F)(F)F)nc1CCl. The molecule has 0 aliphatic rings. The highest BCUT2D eigenvalue weighted by Crippen LogP contribution is 2.35. The second kappa shape index (κ2) is 5.96. The summed E-state index contributed by atoms with van der Waals surface area (Å²) in [5, 5.41) is 0. The fourth-order valence-electron chi connectivity index (χ4n) is 1.34. The first-order valence-electron chi connectivity index (χ1n) is 5.00. The van der Waals surface area contributed by atoms with Gasteiger partial charge in [-0.2, -0.15) is 13.2 Å². The van der Waals surface area contributed by atoms with Crippen LogP contribution >= 0.6 is 11.6 Å². The zero-order valence-corrected chi connectivity index (χ0v) is 10.9. The van der Waals surface area contributed by atoms with Crippen molar-refractivity contribution in [2.75, 3.05) is 7.11 Å². The molecule has 0 aliphatic heterocycles. The van der Waals surface area contributed by atoms with Crippen LogP contribution in [0.4, 0.5) is 26.3 Å². The smallest absolute Gasteiger partial charge is 0.465 e. The van der Waals surface area contributed by atoms with E-state index >= 15 is 0 Å². The molecule has 0 amide bonds. The lowest BCUT2D eigenvalue weighted by Crippen LogP contribution is -2.22. The number of carbonyl (C=O) groups excluding carboxylic acids is 1. The van der Waals surface area contributed by atoms with E-state index < -0.39 is 47.1 Å². The Balaban J connectivity index is 3.56. The van der Waals surface area contributed by atoms with Gasteiger partial charge in [-0.3, -0.25) is 0 Å². The lowest BCUT2D eigenvalue weighted by atomic mass is 10.1. The Morgan fingerprint density at radius 1 is 1.29 bits per heavy atom. The van der Waals surface area contributed by atoms with E-state index in [-0.39, 0.29) is 6.07 Å². The van der Waals surface area contributed by atoms with Gasteiger partial charge in [-0.25, -0.2) is 9.78 Å². The third-order valence-corrected chi connectivity index (χ3v) is 2.34. The maximum atomic E-state index is 12.6. The van der Waals surface area contributed by atoms with Crippen LogP contribution in [0.5, 0.6) is 5.75 Å². The van der Waals surface area contributed by atoms with Gasteiger partial charge in [0.25, 0.3) is 0 Å². The highest BCUT2D eigenvalue weighted by atomic mass is 35.5. The average Bonchev–Trinajstić information content (AvgIpc) is 2.33. The lowest BCUT2D eigenvalue weighted by molar-refractivity contribution is -0.275. The highest BCUT2D eigenvalue weighted by molar-refractivity contribution is 6.17. The number of esters is 1. The number of aromatic nitrogens is 1. The molecular weight excluding hydrogens is 332 g/mol. The van der Waals surface area contributed by atoms with Gasteiger partial charge in [-0.05, 0) is 0 Å². The van der Waals surface area contributed by atoms with E-state index in [0.29, 0.717) is 0 Å². The number of carbonyl (C=O) groups is 1. The zero-order valence-electron chi connectivity index (χ0n) is 10.1. The normalized spacial score (nSPS) is 12.2. The molecule has 0 saturated heterocycles. The third kappa shape index (κ3) is 4.38. The standard InChI is InChI=1S/C10H6ClF6NO3/c1-20-8(19)7-4(3-11)18-6(9(12,13)14)2-5(7)21-10(15,16)17/h2H,3H2,1H3. The van der Waals surface area contributed by atoms with Gasteiger partial charge >= 0.3 is 18.5 Å². The summed E-state index contributed by atoms with van der Waals surface area (Å²) in [6.45, 7) is 0. The Hall–Kier alpha value is -1.71. The van der Waals surface area contributed by atoms with Gasteiger partial charge in [0, 0.05) is 6.07 Å². The van der Waals surface area contributed by atoms with Crippen LogP contribution in [0.25, 0.3) is 0 Å². The summed E-state index contributed by atoms with van der Waals surface area (Å²) in [5.74, 6) is -3.48. The van der Waals surface area contributed by atoms with Crippen molar-refractivity contribution in [3.63, 3.8) is 0 Å². The number of halogens is 7. The van der Waals surface area contributed by atoms with Crippen molar-refractivity contribution in [3.8, 4) is 5.75 Å². The van der Waals surface area contributed by atoms with Crippen molar-refractivity contribution in [1.29, 1.82) is 0 Å². The molecule has 0 aliphatic carbocycles. The Labute approximate surface area is 118 Å². The molecule has 0 aromatic carbocycles. The number of rotatable bonds is 3. The molecule has 21 heavy (non-hydrogen) atoms. The second-order valence-corrected chi connectivity index (χ2v) is 3.77. The number of nitrogens with zero attached hydrogens (tertiary/aromatic N) is 1. The second-order valence-electron chi connectivity index (χ2n) is 3.50. The van der Waals surface area contributed by atoms with E-state index in [1.165, 1.54) is 0 Å². The Bertz CT molecular complexity index is 543. The van der Waals surface area contributed by atoms with Crippen molar-refractivity contribution >= 4 is 17.6 Å². The Morgan fingerprint density at radius 2 is 1.86 bits per heavy atom. The summed E-state index contributed by atoms with van der Waals surface area (Å²) in [4.78, 5) is 14.4. The molecule has 1 aromatic heterocycles. The van der Waals surface area contributed by atoms with E-state index in [1.54, 1.807) is 0 Å². The minimum Gasteiger partial charge on any atom is -0.465 e.